The number of amides is 1. The molecule has 2 heterocycles. The molecular weight excluding hydrogens is 361 g/mol. The molecule has 1 atom stereocenters. The first-order valence-corrected chi connectivity index (χ1v) is 9.83. The number of anilines is 1. The number of carbonyl (C=O) groups is 1. The molecule has 1 aliphatic heterocycles. The number of benzene rings is 2. The van der Waals surface area contributed by atoms with Crippen LogP contribution in [0, 0.1) is 5.82 Å². The standard InChI is InChI=1S/C22H20FNO2S/c1-13(2)26-19-6-4-3-5-16(19)17-11-20(25)24-21-18(12-27-22(17)21)14-7-9-15(23)10-8-14/h3-10,12-13,17H,11H2,1-2H3,(H,24,25)/t17-/m0/s1. The molecular formula is C22H20FNO2S. The minimum atomic E-state index is -0.274. The van der Waals surface area contributed by atoms with Crippen molar-refractivity contribution in [1.29, 1.82) is 0 Å². The summed E-state index contributed by atoms with van der Waals surface area (Å²) in [5.74, 6) is 0.468. The number of thiophene rings is 1. The zero-order valence-electron chi connectivity index (χ0n) is 15.2. The van der Waals surface area contributed by atoms with Gasteiger partial charge in [0.1, 0.15) is 11.6 Å². The van der Waals surface area contributed by atoms with Gasteiger partial charge in [-0.25, -0.2) is 4.39 Å². The first-order valence-electron chi connectivity index (χ1n) is 8.95. The molecule has 27 heavy (non-hydrogen) atoms. The molecule has 0 radical (unpaired) electrons. The van der Waals surface area contributed by atoms with E-state index in [-0.39, 0.29) is 23.7 Å². The van der Waals surface area contributed by atoms with Crippen LogP contribution in [0.15, 0.2) is 53.9 Å². The Bertz CT molecular complexity index is 978. The Morgan fingerprint density at radius 2 is 1.89 bits per heavy atom. The van der Waals surface area contributed by atoms with Crippen LogP contribution in [0.5, 0.6) is 5.75 Å². The van der Waals surface area contributed by atoms with Crippen molar-refractivity contribution in [3.05, 3.63) is 70.2 Å². The molecule has 0 saturated heterocycles. The van der Waals surface area contributed by atoms with E-state index in [0.29, 0.717) is 6.42 Å². The summed E-state index contributed by atoms with van der Waals surface area (Å²) in [5, 5.41) is 5.05. The average Bonchev–Trinajstić information content (AvgIpc) is 3.05. The van der Waals surface area contributed by atoms with Gasteiger partial charge in [0.2, 0.25) is 5.91 Å². The van der Waals surface area contributed by atoms with Crippen LogP contribution in [0.2, 0.25) is 0 Å². The SMILES string of the molecule is CC(C)Oc1ccccc1[C@@H]1CC(=O)Nc2c(-c3ccc(F)cc3)csc21. The van der Waals surface area contributed by atoms with Crippen LogP contribution in [0.1, 0.15) is 36.6 Å². The zero-order chi connectivity index (χ0) is 19.0. The van der Waals surface area contributed by atoms with Crippen LogP contribution in [0.3, 0.4) is 0 Å². The third-order valence-electron chi connectivity index (χ3n) is 4.60. The van der Waals surface area contributed by atoms with E-state index in [1.165, 1.54) is 12.1 Å². The summed E-state index contributed by atoms with van der Waals surface area (Å²) in [5.41, 5.74) is 3.67. The van der Waals surface area contributed by atoms with Crippen molar-refractivity contribution < 1.29 is 13.9 Å². The molecule has 2 aromatic carbocycles. The number of nitrogens with one attached hydrogen (secondary N) is 1. The van der Waals surface area contributed by atoms with Gasteiger partial charge in [0.15, 0.2) is 0 Å². The molecule has 0 unspecified atom stereocenters. The summed E-state index contributed by atoms with van der Waals surface area (Å²) in [6, 6.07) is 14.3. The Hall–Kier alpha value is -2.66. The van der Waals surface area contributed by atoms with Crippen LogP contribution >= 0.6 is 11.3 Å². The largest absolute Gasteiger partial charge is 0.491 e. The zero-order valence-corrected chi connectivity index (χ0v) is 16.0. The van der Waals surface area contributed by atoms with Gasteiger partial charge in [-0.3, -0.25) is 4.79 Å². The summed E-state index contributed by atoms with van der Waals surface area (Å²) in [7, 11) is 0. The van der Waals surface area contributed by atoms with Crippen LogP contribution in [-0.4, -0.2) is 12.0 Å². The van der Waals surface area contributed by atoms with Gasteiger partial charge >= 0.3 is 0 Å². The van der Waals surface area contributed by atoms with E-state index in [1.54, 1.807) is 23.5 Å². The first kappa shape index (κ1) is 17.7. The number of para-hydroxylation sites is 1. The van der Waals surface area contributed by atoms with Gasteiger partial charge in [-0.05, 0) is 37.6 Å². The molecule has 0 aliphatic carbocycles. The second kappa shape index (κ2) is 7.16. The van der Waals surface area contributed by atoms with E-state index in [2.05, 4.69) is 5.32 Å². The molecule has 0 bridgehead atoms. The molecule has 1 aliphatic rings. The van der Waals surface area contributed by atoms with Crippen molar-refractivity contribution in [1.82, 2.24) is 0 Å². The number of hydrogen-bond donors (Lipinski definition) is 1. The summed E-state index contributed by atoms with van der Waals surface area (Å²) >= 11 is 1.62. The molecule has 1 aromatic heterocycles. The number of carbonyl (C=O) groups excluding carboxylic acids is 1. The second-order valence-corrected chi connectivity index (χ2v) is 7.82. The van der Waals surface area contributed by atoms with Gasteiger partial charge < -0.3 is 10.1 Å². The Morgan fingerprint density at radius 1 is 1.15 bits per heavy atom. The van der Waals surface area contributed by atoms with Gasteiger partial charge in [0, 0.05) is 33.7 Å². The minimum Gasteiger partial charge on any atom is -0.491 e. The smallest absolute Gasteiger partial charge is 0.225 e. The van der Waals surface area contributed by atoms with Crippen LogP contribution in [-0.2, 0) is 4.79 Å². The van der Waals surface area contributed by atoms with Crippen LogP contribution in [0.25, 0.3) is 11.1 Å². The van der Waals surface area contributed by atoms with E-state index in [1.807, 2.05) is 43.5 Å². The fourth-order valence-electron chi connectivity index (χ4n) is 3.45. The van der Waals surface area contributed by atoms with E-state index in [4.69, 9.17) is 4.74 Å². The normalized spacial score (nSPS) is 16.1. The van der Waals surface area contributed by atoms with Crippen molar-refractivity contribution in [2.75, 3.05) is 5.32 Å². The number of fused-ring (bicyclic) bond motifs is 1. The van der Waals surface area contributed by atoms with E-state index in [0.717, 1.165) is 33.0 Å². The minimum absolute atomic E-state index is 0.0198. The maximum atomic E-state index is 13.3. The van der Waals surface area contributed by atoms with Gasteiger partial charge in [-0.15, -0.1) is 11.3 Å². The fourth-order valence-corrected chi connectivity index (χ4v) is 4.60. The third kappa shape index (κ3) is 3.47. The Balaban J connectivity index is 1.79. The highest BCUT2D eigenvalue weighted by molar-refractivity contribution is 7.11. The van der Waals surface area contributed by atoms with Gasteiger partial charge in [-0.2, -0.15) is 0 Å². The lowest BCUT2D eigenvalue weighted by Crippen LogP contribution is -2.23. The van der Waals surface area contributed by atoms with Crippen molar-refractivity contribution in [2.45, 2.75) is 32.3 Å². The first-order chi connectivity index (χ1) is 13.0. The average molecular weight is 381 g/mol. The Morgan fingerprint density at radius 3 is 2.63 bits per heavy atom. The van der Waals surface area contributed by atoms with E-state index >= 15 is 0 Å². The third-order valence-corrected chi connectivity index (χ3v) is 5.70. The van der Waals surface area contributed by atoms with E-state index in [9.17, 15) is 9.18 Å². The molecule has 0 fully saturated rings. The van der Waals surface area contributed by atoms with Gasteiger partial charge in [0.25, 0.3) is 0 Å². The molecule has 1 N–H and O–H groups in total. The maximum absolute atomic E-state index is 13.3. The van der Waals surface area contributed by atoms with Crippen molar-refractivity contribution in [3.63, 3.8) is 0 Å². The quantitative estimate of drug-likeness (QED) is 0.619. The highest BCUT2D eigenvalue weighted by Gasteiger charge is 2.32. The molecule has 0 saturated carbocycles. The summed E-state index contributed by atoms with van der Waals surface area (Å²) in [6.07, 6.45) is 0.440. The number of ether oxygens (including phenoxy) is 1. The lowest BCUT2D eigenvalue weighted by Gasteiger charge is -2.26. The molecule has 3 aromatic rings. The molecule has 3 nitrogen and oxygen atoms in total. The number of hydrogen-bond acceptors (Lipinski definition) is 3. The molecule has 1 amide bonds. The van der Waals surface area contributed by atoms with Crippen molar-refractivity contribution in [3.8, 4) is 16.9 Å². The van der Waals surface area contributed by atoms with Crippen LogP contribution in [0.4, 0.5) is 10.1 Å². The highest BCUT2D eigenvalue weighted by atomic mass is 32.1. The molecule has 5 heteroatoms. The topological polar surface area (TPSA) is 38.3 Å². The predicted molar refractivity (Wildman–Crippen MR) is 107 cm³/mol. The molecule has 0 spiro atoms. The predicted octanol–water partition coefficient (Wildman–Crippen LogP) is 5.82. The Kier molecular flexibility index (Phi) is 4.70. The summed E-state index contributed by atoms with van der Waals surface area (Å²) < 4.78 is 19.3. The number of halogens is 1. The van der Waals surface area contributed by atoms with Crippen molar-refractivity contribution in [2.24, 2.45) is 0 Å². The summed E-state index contributed by atoms with van der Waals surface area (Å²) in [4.78, 5) is 13.6. The highest BCUT2D eigenvalue weighted by Crippen LogP contribution is 2.48. The Labute approximate surface area is 161 Å². The van der Waals surface area contributed by atoms with Crippen molar-refractivity contribution >= 4 is 22.9 Å². The number of rotatable bonds is 4. The van der Waals surface area contributed by atoms with Crippen LogP contribution < -0.4 is 10.1 Å². The lowest BCUT2D eigenvalue weighted by atomic mass is 9.88. The second-order valence-electron chi connectivity index (χ2n) is 6.90. The van der Waals surface area contributed by atoms with E-state index < -0.39 is 0 Å². The summed E-state index contributed by atoms with van der Waals surface area (Å²) in [6.45, 7) is 3.99. The monoisotopic (exact) mass is 381 g/mol. The van der Waals surface area contributed by atoms with Gasteiger partial charge in [0.05, 0.1) is 11.8 Å². The lowest BCUT2D eigenvalue weighted by molar-refractivity contribution is -0.116. The molecule has 4 rings (SSSR count). The van der Waals surface area contributed by atoms with Gasteiger partial charge in [-0.1, -0.05) is 30.3 Å². The maximum Gasteiger partial charge on any atom is 0.225 e. The molecule has 138 valence electrons. The fraction of sp³-hybridized carbons (Fsp3) is 0.227.